The fraction of sp³-hybridized carbons (Fsp3) is 0.217. The van der Waals surface area contributed by atoms with Crippen LogP contribution in [0.5, 0.6) is 0 Å². The van der Waals surface area contributed by atoms with Crippen LogP contribution in [0.4, 0.5) is 10.1 Å². The number of carbonyl (C=O) groups is 2. The van der Waals surface area contributed by atoms with Crippen molar-refractivity contribution in [3.8, 4) is 0 Å². The van der Waals surface area contributed by atoms with Gasteiger partial charge in [-0.1, -0.05) is 42.5 Å². The van der Waals surface area contributed by atoms with Gasteiger partial charge in [0.25, 0.3) is 11.8 Å². The maximum absolute atomic E-state index is 13.2. The van der Waals surface area contributed by atoms with Gasteiger partial charge in [0.05, 0.1) is 13.1 Å². The van der Waals surface area contributed by atoms with Crippen molar-refractivity contribution in [3.05, 3.63) is 78.1 Å². The molecule has 3 aromatic rings. The van der Waals surface area contributed by atoms with E-state index < -0.39 is 5.82 Å². The van der Waals surface area contributed by atoms with E-state index in [1.54, 1.807) is 13.1 Å². The van der Waals surface area contributed by atoms with Crippen LogP contribution in [0.25, 0.3) is 10.8 Å². The first kappa shape index (κ1) is 20.5. The molecule has 29 heavy (non-hydrogen) atoms. The Balaban J connectivity index is 1.50. The molecular weight excluding hydrogens is 369 g/mol. The van der Waals surface area contributed by atoms with Crippen LogP contribution in [-0.4, -0.2) is 32.0 Å². The van der Waals surface area contributed by atoms with Gasteiger partial charge in [-0.05, 0) is 47.5 Å². The summed E-state index contributed by atoms with van der Waals surface area (Å²) in [6, 6.07) is 19.8. The van der Waals surface area contributed by atoms with Gasteiger partial charge in [0.1, 0.15) is 5.82 Å². The molecular formula is C23H25FN3O2+. The molecule has 0 bridgehead atoms. The number of anilines is 1. The van der Waals surface area contributed by atoms with Crippen molar-refractivity contribution < 1.29 is 18.9 Å². The molecule has 0 aliphatic rings. The monoisotopic (exact) mass is 394 g/mol. The quantitative estimate of drug-likeness (QED) is 0.576. The summed E-state index contributed by atoms with van der Waals surface area (Å²) in [5.74, 6) is -0.823. The second-order valence-electron chi connectivity index (χ2n) is 7.26. The number of rotatable bonds is 7. The average Bonchev–Trinajstić information content (AvgIpc) is 2.67. The van der Waals surface area contributed by atoms with Crippen LogP contribution in [0.3, 0.4) is 0 Å². The van der Waals surface area contributed by atoms with E-state index in [2.05, 4.69) is 22.8 Å². The van der Waals surface area contributed by atoms with E-state index in [1.807, 2.05) is 37.3 Å². The van der Waals surface area contributed by atoms with Crippen molar-refractivity contribution in [2.45, 2.75) is 13.0 Å². The summed E-state index contributed by atoms with van der Waals surface area (Å²) in [6.07, 6.45) is 0. The summed E-state index contributed by atoms with van der Waals surface area (Å²) in [5.41, 5.74) is 1.43. The molecule has 0 spiro atoms. The van der Waals surface area contributed by atoms with Crippen LogP contribution < -0.4 is 15.5 Å². The van der Waals surface area contributed by atoms with Gasteiger partial charge < -0.3 is 15.5 Å². The molecule has 0 saturated carbocycles. The molecule has 3 aromatic carbocycles. The predicted octanol–water partition coefficient (Wildman–Crippen LogP) is 2.31. The number of hydrogen-bond acceptors (Lipinski definition) is 2. The van der Waals surface area contributed by atoms with E-state index in [0.717, 1.165) is 21.2 Å². The number of likely N-dealkylation sites (N-methyl/N-ethyl adjacent to an activating group) is 1. The lowest BCUT2D eigenvalue weighted by Crippen LogP contribution is -3.11. The minimum atomic E-state index is -0.412. The van der Waals surface area contributed by atoms with Crippen LogP contribution in [0.15, 0.2) is 66.7 Å². The Kier molecular flexibility index (Phi) is 6.57. The Morgan fingerprint density at radius 2 is 1.66 bits per heavy atom. The first-order chi connectivity index (χ1) is 13.9. The van der Waals surface area contributed by atoms with Gasteiger partial charge in [-0.15, -0.1) is 0 Å². The van der Waals surface area contributed by atoms with Crippen LogP contribution in [0.2, 0.25) is 0 Å². The summed E-state index contributed by atoms with van der Waals surface area (Å²) in [5, 5.41) is 7.90. The highest BCUT2D eigenvalue weighted by atomic mass is 19.1. The van der Waals surface area contributed by atoms with E-state index in [-0.39, 0.29) is 30.9 Å². The lowest BCUT2D eigenvalue weighted by molar-refractivity contribution is -0.862. The summed E-state index contributed by atoms with van der Waals surface area (Å²) >= 11 is 0. The molecule has 0 saturated heterocycles. The Morgan fingerprint density at radius 3 is 2.41 bits per heavy atom. The molecule has 6 heteroatoms. The number of benzene rings is 3. The zero-order chi connectivity index (χ0) is 20.8. The van der Waals surface area contributed by atoms with E-state index in [4.69, 9.17) is 0 Å². The largest absolute Gasteiger partial charge is 0.345 e. The third-order valence-corrected chi connectivity index (χ3v) is 4.68. The third-order valence-electron chi connectivity index (χ3n) is 4.68. The number of nitrogens with one attached hydrogen (secondary N) is 3. The molecule has 2 atom stereocenters. The van der Waals surface area contributed by atoms with Crippen molar-refractivity contribution in [2.24, 2.45) is 0 Å². The first-order valence-corrected chi connectivity index (χ1v) is 9.55. The van der Waals surface area contributed by atoms with E-state index >= 15 is 0 Å². The summed E-state index contributed by atoms with van der Waals surface area (Å²) in [6.45, 7) is 2.21. The van der Waals surface area contributed by atoms with Gasteiger partial charge in [-0.2, -0.15) is 0 Å². The maximum atomic E-state index is 13.2. The van der Waals surface area contributed by atoms with Crippen molar-refractivity contribution in [1.29, 1.82) is 0 Å². The molecule has 150 valence electrons. The topological polar surface area (TPSA) is 62.6 Å². The number of hydrogen-bond donors (Lipinski definition) is 3. The molecule has 1 unspecified atom stereocenters. The maximum Gasteiger partial charge on any atom is 0.279 e. The number of fused-ring (bicyclic) bond motifs is 1. The smallest absolute Gasteiger partial charge is 0.279 e. The lowest BCUT2D eigenvalue weighted by atomic mass is 10.0. The van der Waals surface area contributed by atoms with E-state index in [1.165, 1.54) is 18.2 Å². The molecule has 0 radical (unpaired) electrons. The molecule has 0 aliphatic carbocycles. The summed E-state index contributed by atoms with van der Waals surface area (Å²) in [4.78, 5) is 25.2. The van der Waals surface area contributed by atoms with Crippen LogP contribution >= 0.6 is 0 Å². The first-order valence-electron chi connectivity index (χ1n) is 9.55. The number of quaternary nitrogens is 1. The standard InChI is InChI=1S/C23H24FN3O2/c1-16(18-11-10-17-6-3-4-7-19(17)12-18)25-22(28)14-27(2)15-23(29)26-21-9-5-8-20(24)13-21/h3-13,16H,14-15H2,1-2H3,(H,25,28)(H,26,29)/p+1/t16-/m0/s1. The SMILES string of the molecule is C[C@H](NC(=O)C[NH+](C)CC(=O)Nc1cccc(F)c1)c1ccc2ccccc2c1. The number of amides is 2. The van der Waals surface area contributed by atoms with Gasteiger partial charge in [0, 0.05) is 5.69 Å². The van der Waals surface area contributed by atoms with Gasteiger partial charge in [-0.3, -0.25) is 9.59 Å². The van der Waals surface area contributed by atoms with Gasteiger partial charge in [0.2, 0.25) is 0 Å². The molecule has 0 heterocycles. The van der Waals surface area contributed by atoms with E-state index in [0.29, 0.717) is 5.69 Å². The Labute approximate surface area is 169 Å². The molecule has 0 aliphatic heterocycles. The molecule has 5 nitrogen and oxygen atoms in total. The lowest BCUT2D eigenvalue weighted by Gasteiger charge is -2.17. The minimum Gasteiger partial charge on any atom is -0.345 e. The second-order valence-corrected chi connectivity index (χ2v) is 7.26. The average molecular weight is 394 g/mol. The normalized spacial score (nSPS) is 12.9. The third kappa shape index (κ3) is 5.86. The van der Waals surface area contributed by atoms with Gasteiger partial charge in [0.15, 0.2) is 13.1 Å². The van der Waals surface area contributed by atoms with Gasteiger partial charge in [-0.25, -0.2) is 4.39 Å². The molecule has 0 fully saturated rings. The van der Waals surface area contributed by atoms with E-state index in [9.17, 15) is 14.0 Å². The molecule has 3 rings (SSSR count). The molecule has 2 amide bonds. The predicted molar refractivity (Wildman–Crippen MR) is 112 cm³/mol. The zero-order valence-corrected chi connectivity index (χ0v) is 16.5. The Morgan fingerprint density at radius 1 is 0.931 bits per heavy atom. The van der Waals surface area contributed by atoms with Crippen LogP contribution in [0.1, 0.15) is 18.5 Å². The minimum absolute atomic E-state index is 0.105. The summed E-state index contributed by atoms with van der Waals surface area (Å²) in [7, 11) is 1.77. The fourth-order valence-electron chi connectivity index (χ4n) is 3.24. The highest BCUT2D eigenvalue weighted by Crippen LogP contribution is 2.20. The summed E-state index contributed by atoms with van der Waals surface area (Å²) < 4.78 is 13.2. The zero-order valence-electron chi connectivity index (χ0n) is 16.5. The highest BCUT2D eigenvalue weighted by molar-refractivity contribution is 5.91. The molecule has 0 aromatic heterocycles. The van der Waals surface area contributed by atoms with Crippen LogP contribution in [0, 0.1) is 5.82 Å². The Bertz CT molecular complexity index is 1020. The fourth-order valence-corrected chi connectivity index (χ4v) is 3.24. The van der Waals surface area contributed by atoms with Gasteiger partial charge >= 0.3 is 0 Å². The van der Waals surface area contributed by atoms with Crippen LogP contribution in [-0.2, 0) is 9.59 Å². The number of carbonyl (C=O) groups excluding carboxylic acids is 2. The Hall–Kier alpha value is -3.25. The highest BCUT2D eigenvalue weighted by Gasteiger charge is 2.17. The van der Waals surface area contributed by atoms with Crippen molar-refractivity contribution in [2.75, 3.05) is 25.5 Å². The van der Waals surface area contributed by atoms with Crippen molar-refractivity contribution in [1.82, 2.24) is 5.32 Å². The second kappa shape index (κ2) is 9.30. The van der Waals surface area contributed by atoms with Crippen molar-refractivity contribution >= 4 is 28.3 Å². The molecule has 3 N–H and O–H groups in total. The number of halogens is 1. The van der Waals surface area contributed by atoms with Crippen molar-refractivity contribution in [3.63, 3.8) is 0 Å².